The van der Waals surface area contributed by atoms with Crippen LogP contribution in [-0.2, 0) is 19.2 Å². The van der Waals surface area contributed by atoms with Crippen LogP contribution in [0.2, 0.25) is 0 Å². The van der Waals surface area contributed by atoms with Gasteiger partial charge in [0.1, 0.15) is 11.6 Å². The zero-order chi connectivity index (χ0) is 29.3. The summed E-state index contributed by atoms with van der Waals surface area (Å²) in [7, 11) is 0. The molecule has 6 N–H and O–H groups in total. The van der Waals surface area contributed by atoms with Crippen LogP contribution in [0.3, 0.4) is 0 Å². The van der Waals surface area contributed by atoms with Crippen LogP contribution in [0, 0.1) is 21.7 Å². The lowest BCUT2D eigenvalue weighted by Gasteiger charge is -2.22. The second-order valence-electron chi connectivity index (χ2n) is 10.3. The second-order valence-corrected chi connectivity index (χ2v) is 11.7. The lowest BCUT2D eigenvalue weighted by atomic mass is 9.83. The molecule has 0 aliphatic carbocycles. The fourth-order valence-corrected chi connectivity index (χ4v) is 2.16. The van der Waals surface area contributed by atoms with Gasteiger partial charge in [0.2, 0.25) is 5.24 Å². The van der Waals surface area contributed by atoms with Crippen LogP contribution in [0.25, 0.3) is 0 Å². The minimum atomic E-state index is -0.566. The summed E-state index contributed by atoms with van der Waals surface area (Å²) < 4.78 is 0. The van der Waals surface area contributed by atoms with Crippen LogP contribution >= 0.6 is 58.0 Å². The Kier molecular flexibility index (Phi) is 24.1. The van der Waals surface area contributed by atoms with Crippen LogP contribution in [-0.4, -0.2) is 52.7 Å². The van der Waals surface area contributed by atoms with Crippen LogP contribution in [0.5, 0.6) is 0 Å². The van der Waals surface area contributed by atoms with Crippen molar-refractivity contribution in [1.29, 1.82) is 0 Å². The molecule has 0 saturated heterocycles. The normalized spacial score (nSPS) is 11.5. The first-order valence-corrected chi connectivity index (χ1v) is 13.3. The Hall–Kier alpha value is 0.01000. The van der Waals surface area contributed by atoms with Gasteiger partial charge in [-0.3, -0.25) is 30.9 Å². The van der Waals surface area contributed by atoms with Crippen molar-refractivity contribution in [2.75, 3.05) is 30.1 Å². The Morgan fingerprint density at radius 1 is 0.543 bits per heavy atom. The molecule has 0 radical (unpaired) electrons. The molecule has 0 aromatic carbocycles. The SMILES string of the molecule is CC(C)(CCl)C(=O)CCC(=O)C(C)(C)CCl.CC(C)(CCl)C(=O)CN.CC(C)(CCl)C(=O)Cl.NN. The van der Waals surface area contributed by atoms with Gasteiger partial charge in [-0.1, -0.05) is 55.4 Å². The Morgan fingerprint density at radius 2 is 0.771 bits per heavy atom. The Bertz CT molecular complexity index is 627. The minimum Gasteiger partial charge on any atom is -0.324 e. The van der Waals surface area contributed by atoms with Crippen molar-refractivity contribution >= 4 is 80.6 Å². The number of ketones is 3. The predicted molar refractivity (Wildman–Crippen MR) is 151 cm³/mol. The molecule has 0 atom stereocenters. The molecule has 0 unspecified atom stereocenters. The molecule has 210 valence electrons. The lowest BCUT2D eigenvalue weighted by molar-refractivity contribution is -0.131. The van der Waals surface area contributed by atoms with Crippen molar-refractivity contribution in [3.63, 3.8) is 0 Å². The zero-order valence-electron chi connectivity index (χ0n) is 22.2. The van der Waals surface area contributed by atoms with Gasteiger partial charge >= 0.3 is 0 Å². The van der Waals surface area contributed by atoms with Crippen molar-refractivity contribution in [2.24, 2.45) is 39.1 Å². The van der Waals surface area contributed by atoms with Crippen LogP contribution in [0.4, 0.5) is 0 Å². The van der Waals surface area contributed by atoms with Gasteiger partial charge in [-0.05, 0) is 11.6 Å². The van der Waals surface area contributed by atoms with E-state index in [1.165, 1.54) is 0 Å². The molecule has 7 nitrogen and oxygen atoms in total. The molecule has 0 aromatic heterocycles. The van der Waals surface area contributed by atoms with E-state index >= 15 is 0 Å². The van der Waals surface area contributed by atoms with E-state index in [1.54, 1.807) is 55.4 Å². The maximum atomic E-state index is 11.7. The fraction of sp³-hybridized carbons (Fsp3) is 0.826. The molecule has 12 heteroatoms. The van der Waals surface area contributed by atoms with Gasteiger partial charge in [-0.2, -0.15) is 0 Å². The molecule has 0 saturated carbocycles. The van der Waals surface area contributed by atoms with Gasteiger partial charge in [0.15, 0.2) is 5.78 Å². The number of nitrogens with two attached hydrogens (primary N) is 3. The quantitative estimate of drug-likeness (QED) is 0.122. The third kappa shape index (κ3) is 18.8. The summed E-state index contributed by atoms with van der Waals surface area (Å²) in [4.78, 5) is 44.7. The maximum Gasteiger partial charge on any atom is 0.228 e. The molecular formula is C23H44Cl5N3O4. The summed E-state index contributed by atoms with van der Waals surface area (Å²) in [6, 6.07) is 0. The van der Waals surface area contributed by atoms with Crippen LogP contribution in [0.1, 0.15) is 68.2 Å². The summed E-state index contributed by atoms with van der Waals surface area (Å²) in [5, 5.41) is -0.382. The number of Topliss-reactive ketones (excluding diaryl/α,β-unsaturated/α-hetero) is 3. The van der Waals surface area contributed by atoms with E-state index in [4.69, 9.17) is 63.7 Å². The van der Waals surface area contributed by atoms with Gasteiger partial charge in [0.25, 0.3) is 0 Å². The number of carbonyl (C=O) groups excluding carboxylic acids is 4. The highest BCUT2D eigenvalue weighted by atomic mass is 35.5. The molecule has 0 fully saturated rings. The summed E-state index contributed by atoms with van der Waals surface area (Å²) >= 11 is 27.4. The van der Waals surface area contributed by atoms with E-state index in [9.17, 15) is 19.2 Å². The van der Waals surface area contributed by atoms with Gasteiger partial charge in [-0.15, -0.1) is 46.4 Å². The number of alkyl halides is 4. The van der Waals surface area contributed by atoms with Crippen LogP contribution in [0.15, 0.2) is 0 Å². The molecule has 35 heavy (non-hydrogen) atoms. The van der Waals surface area contributed by atoms with E-state index < -0.39 is 21.7 Å². The van der Waals surface area contributed by atoms with Crippen molar-refractivity contribution in [3.8, 4) is 0 Å². The number of carbonyl (C=O) groups is 4. The highest BCUT2D eigenvalue weighted by Crippen LogP contribution is 2.25. The molecule has 0 aliphatic heterocycles. The predicted octanol–water partition coefficient (Wildman–Crippen LogP) is 5.05. The number of halogens is 5. The van der Waals surface area contributed by atoms with E-state index in [0.717, 1.165) is 0 Å². The van der Waals surface area contributed by atoms with Crippen molar-refractivity contribution in [3.05, 3.63) is 0 Å². The highest BCUT2D eigenvalue weighted by molar-refractivity contribution is 6.65. The van der Waals surface area contributed by atoms with Crippen LogP contribution < -0.4 is 17.4 Å². The van der Waals surface area contributed by atoms with Gasteiger partial charge in [0, 0.05) is 52.6 Å². The van der Waals surface area contributed by atoms with E-state index in [2.05, 4.69) is 11.7 Å². The zero-order valence-corrected chi connectivity index (χ0v) is 26.0. The number of hydrazine groups is 1. The molecule has 0 rings (SSSR count). The molecular weight excluding hydrogens is 560 g/mol. The first kappa shape index (κ1) is 42.1. The molecule has 0 bridgehead atoms. The maximum absolute atomic E-state index is 11.7. The average Bonchev–Trinajstić information content (AvgIpc) is 2.83. The first-order chi connectivity index (χ1) is 15.7. The second kappa shape index (κ2) is 20.0. The standard InChI is InChI=1S/C12H20Cl2O2.C6H12ClNO.C5H8Cl2O.H4N2/c1-11(2,7-13)9(15)5-6-10(16)12(3,4)8-14;1-6(2,4-7)5(9)3-8;1-5(2,3-6)4(7)8;1-2/h5-8H2,1-4H3;3-4,8H2,1-2H3;3H2,1-2H3;1-2H2. The molecule has 0 aromatic rings. The Morgan fingerprint density at radius 3 is 0.886 bits per heavy atom. The van der Waals surface area contributed by atoms with Gasteiger partial charge in [0.05, 0.1) is 12.0 Å². The topological polar surface area (TPSA) is 146 Å². The summed E-state index contributed by atoms with van der Waals surface area (Å²) in [6.45, 7) is 14.2. The van der Waals surface area contributed by atoms with Crippen molar-refractivity contribution in [2.45, 2.75) is 68.2 Å². The minimum absolute atomic E-state index is 0.0116. The Labute approximate surface area is 236 Å². The molecule has 0 heterocycles. The fourth-order valence-electron chi connectivity index (χ4n) is 1.46. The Balaban J connectivity index is -0.000000215. The monoisotopic (exact) mass is 601 g/mol. The third-order valence-electron chi connectivity index (χ3n) is 4.90. The van der Waals surface area contributed by atoms with Crippen molar-refractivity contribution < 1.29 is 19.2 Å². The number of hydrogen-bond acceptors (Lipinski definition) is 7. The van der Waals surface area contributed by atoms with E-state index in [1.807, 2.05) is 0 Å². The number of hydrogen-bond donors (Lipinski definition) is 3. The average molecular weight is 604 g/mol. The van der Waals surface area contributed by atoms with Gasteiger partial charge in [-0.25, -0.2) is 0 Å². The molecule has 0 aliphatic rings. The summed E-state index contributed by atoms with van der Waals surface area (Å²) in [5.74, 6) is 9.23. The largest absolute Gasteiger partial charge is 0.324 e. The molecule has 0 amide bonds. The first-order valence-electron chi connectivity index (χ1n) is 10.8. The summed E-state index contributed by atoms with van der Waals surface area (Å²) in [6.07, 6.45) is 0.498. The highest BCUT2D eigenvalue weighted by Gasteiger charge is 2.30. The number of rotatable bonds is 12. The lowest BCUT2D eigenvalue weighted by Crippen LogP contribution is -2.32. The summed E-state index contributed by atoms with van der Waals surface area (Å²) in [5.41, 5.74) is 3.01. The van der Waals surface area contributed by atoms with E-state index in [-0.39, 0.29) is 59.6 Å². The van der Waals surface area contributed by atoms with Crippen molar-refractivity contribution in [1.82, 2.24) is 0 Å². The third-order valence-corrected chi connectivity index (χ3v) is 8.08. The van der Waals surface area contributed by atoms with Gasteiger partial charge < -0.3 is 5.73 Å². The smallest absolute Gasteiger partial charge is 0.228 e. The van der Waals surface area contributed by atoms with E-state index in [0.29, 0.717) is 5.88 Å². The molecule has 0 spiro atoms.